The van der Waals surface area contributed by atoms with Gasteiger partial charge in [-0.05, 0) is 28.8 Å². The van der Waals surface area contributed by atoms with Gasteiger partial charge in [0.25, 0.3) is 0 Å². The first-order valence-electron chi connectivity index (χ1n) is 5.17. The molecule has 2 N–H and O–H groups in total. The Morgan fingerprint density at radius 3 is 3.12 bits per heavy atom. The van der Waals surface area contributed by atoms with E-state index in [0.717, 1.165) is 6.42 Å². The molecule has 4 nitrogen and oxygen atoms in total. The zero-order valence-electron chi connectivity index (χ0n) is 9.31. The van der Waals surface area contributed by atoms with Crippen molar-refractivity contribution in [2.45, 2.75) is 18.9 Å². The first-order valence-corrected chi connectivity index (χ1v) is 6.11. The average molecular weight is 243 g/mol. The minimum absolute atomic E-state index is 0.0404. The number of rotatable bonds is 7. The fourth-order valence-corrected chi connectivity index (χ4v) is 1.97. The van der Waals surface area contributed by atoms with Crippen LogP contribution in [0.25, 0.3) is 0 Å². The average Bonchev–Trinajstić information content (AvgIpc) is 2.77. The van der Waals surface area contributed by atoms with E-state index in [1.54, 1.807) is 11.3 Å². The van der Waals surface area contributed by atoms with Gasteiger partial charge < -0.3 is 15.2 Å². The van der Waals surface area contributed by atoms with Crippen LogP contribution in [0.3, 0.4) is 0 Å². The van der Waals surface area contributed by atoms with Gasteiger partial charge in [0.15, 0.2) is 0 Å². The van der Waals surface area contributed by atoms with Crippen molar-refractivity contribution in [2.24, 2.45) is 0 Å². The molecule has 1 atom stereocenters. The van der Waals surface area contributed by atoms with E-state index >= 15 is 0 Å². The molecule has 0 bridgehead atoms. The second-order valence-corrected chi connectivity index (χ2v) is 4.32. The lowest BCUT2D eigenvalue weighted by Crippen LogP contribution is -2.34. The van der Waals surface area contributed by atoms with Crippen LogP contribution >= 0.6 is 11.3 Å². The normalized spacial score (nSPS) is 12.4. The van der Waals surface area contributed by atoms with Gasteiger partial charge in [-0.1, -0.05) is 0 Å². The molecule has 0 saturated carbocycles. The molecule has 0 aliphatic heterocycles. The van der Waals surface area contributed by atoms with Crippen LogP contribution in [0.5, 0.6) is 0 Å². The van der Waals surface area contributed by atoms with Gasteiger partial charge in [0.1, 0.15) is 0 Å². The maximum atomic E-state index is 11.4. The van der Waals surface area contributed by atoms with Crippen molar-refractivity contribution >= 4 is 17.2 Å². The molecule has 1 aromatic rings. The molecule has 0 aliphatic rings. The molecule has 1 rings (SSSR count). The Morgan fingerprint density at radius 2 is 2.50 bits per heavy atom. The summed E-state index contributed by atoms with van der Waals surface area (Å²) in [7, 11) is 1.52. The van der Waals surface area contributed by atoms with Crippen molar-refractivity contribution in [1.82, 2.24) is 5.32 Å². The van der Waals surface area contributed by atoms with Crippen LogP contribution in [-0.4, -0.2) is 37.4 Å². The highest BCUT2D eigenvalue weighted by atomic mass is 32.1. The van der Waals surface area contributed by atoms with E-state index in [2.05, 4.69) is 5.32 Å². The molecule has 0 aliphatic carbocycles. The highest BCUT2D eigenvalue weighted by molar-refractivity contribution is 7.07. The van der Waals surface area contributed by atoms with E-state index in [-0.39, 0.29) is 19.1 Å². The fourth-order valence-electron chi connectivity index (χ4n) is 1.26. The minimum Gasteiger partial charge on any atom is -0.389 e. The monoisotopic (exact) mass is 243 g/mol. The molecule has 1 amide bonds. The summed E-state index contributed by atoms with van der Waals surface area (Å²) in [4.78, 5) is 11.4. The molecule has 0 fully saturated rings. The van der Waals surface area contributed by atoms with E-state index in [4.69, 9.17) is 4.74 Å². The molecule has 16 heavy (non-hydrogen) atoms. The molecule has 90 valence electrons. The van der Waals surface area contributed by atoms with Gasteiger partial charge in [0.05, 0.1) is 12.7 Å². The van der Waals surface area contributed by atoms with Crippen LogP contribution in [0.4, 0.5) is 0 Å². The lowest BCUT2D eigenvalue weighted by atomic mass is 10.2. The van der Waals surface area contributed by atoms with Crippen molar-refractivity contribution < 1.29 is 14.6 Å². The predicted molar refractivity (Wildman–Crippen MR) is 63.5 cm³/mol. The number of nitrogens with one attached hydrogen (secondary N) is 1. The molecule has 0 radical (unpaired) electrons. The number of aliphatic hydroxyl groups excluding tert-OH is 1. The topological polar surface area (TPSA) is 58.6 Å². The molecular formula is C11H17NO3S. The van der Waals surface area contributed by atoms with Crippen molar-refractivity contribution in [3.63, 3.8) is 0 Å². The lowest BCUT2D eigenvalue weighted by Gasteiger charge is -2.10. The first-order chi connectivity index (χ1) is 7.72. The zero-order chi connectivity index (χ0) is 11.8. The lowest BCUT2D eigenvalue weighted by molar-refractivity contribution is -0.121. The van der Waals surface area contributed by atoms with E-state index in [0.29, 0.717) is 6.42 Å². The predicted octanol–water partition coefficient (Wildman–Crippen LogP) is 0.804. The number of carbonyl (C=O) groups excluding carboxylic acids is 1. The second-order valence-electron chi connectivity index (χ2n) is 3.54. The second kappa shape index (κ2) is 7.38. The van der Waals surface area contributed by atoms with Gasteiger partial charge in [-0.25, -0.2) is 0 Å². The number of aryl methyl sites for hydroxylation is 1. The van der Waals surface area contributed by atoms with Crippen molar-refractivity contribution in [1.29, 1.82) is 0 Å². The summed E-state index contributed by atoms with van der Waals surface area (Å²) < 4.78 is 4.75. The highest BCUT2D eigenvalue weighted by Gasteiger charge is 2.06. The molecular weight excluding hydrogens is 226 g/mol. The summed E-state index contributed by atoms with van der Waals surface area (Å²) in [5.74, 6) is -0.0404. The molecule has 5 heteroatoms. The number of carbonyl (C=O) groups is 1. The molecule has 0 spiro atoms. The van der Waals surface area contributed by atoms with E-state index in [1.165, 1.54) is 12.7 Å². The van der Waals surface area contributed by atoms with Crippen LogP contribution in [0.2, 0.25) is 0 Å². The molecule has 1 heterocycles. The first kappa shape index (κ1) is 13.2. The van der Waals surface area contributed by atoms with Crippen LogP contribution in [0.15, 0.2) is 16.8 Å². The van der Waals surface area contributed by atoms with Crippen molar-refractivity contribution in [2.75, 3.05) is 20.3 Å². The van der Waals surface area contributed by atoms with Gasteiger partial charge in [-0.2, -0.15) is 11.3 Å². The quantitative estimate of drug-likeness (QED) is 0.745. The van der Waals surface area contributed by atoms with Gasteiger partial charge in [0.2, 0.25) is 5.91 Å². The largest absolute Gasteiger partial charge is 0.389 e. The summed E-state index contributed by atoms with van der Waals surface area (Å²) in [5, 5.41) is 16.0. The third-order valence-electron chi connectivity index (χ3n) is 2.11. The minimum atomic E-state index is -0.630. The Labute approximate surface area is 99.2 Å². The van der Waals surface area contributed by atoms with Gasteiger partial charge in [-0.3, -0.25) is 4.79 Å². The number of methoxy groups -OCH3 is 1. The van der Waals surface area contributed by atoms with Crippen LogP contribution in [-0.2, 0) is 16.0 Å². The summed E-state index contributed by atoms with van der Waals surface area (Å²) >= 11 is 1.63. The molecule has 0 saturated heterocycles. The standard InChI is InChI=1S/C11H17NO3S/c1-15-7-10(13)6-12-11(14)3-2-9-4-5-16-8-9/h4-5,8,10,13H,2-3,6-7H2,1H3,(H,12,14). The molecule has 0 aromatic carbocycles. The van der Waals surface area contributed by atoms with E-state index < -0.39 is 6.10 Å². The summed E-state index contributed by atoms with van der Waals surface area (Å²) in [6.07, 6.45) is 0.571. The van der Waals surface area contributed by atoms with Crippen LogP contribution < -0.4 is 5.32 Å². The SMILES string of the molecule is COCC(O)CNC(=O)CCc1ccsc1. The maximum Gasteiger partial charge on any atom is 0.220 e. The summed E-state index contributed by atoms with van der Waals surface area (Å²) in [6, 6.07) is 2.01. The van der Waals surface area contributed by atoms with E-state index in [9.17, 15) is 9.90 Å². The Bertz CT molecular complexity index is 300. The third-order valence-corrected chi connectivity index (χ3v) is 2.85. The van der Waals surface area contributed by atoms with Gasteiger partial charge >= 0.3 is 0 Å². The van der Waals surface area contributed by atoms with Gasteiger partial charge in [0, 0.05) is 20.1 Å². The third kappa shape index (κ3) is 5.25. The Morgan fingerprint density at radius 1 is 1.69 bits per heavy atom. The Balaban J connectivity index is 2.11. The van der Waals surface area contributed by atoms with Crippen molar-refractivity contribution in [3.8, 4) is 0 Å². The summed E-state index contributed by atoms with van der Waals surface area (Å²) in [6.45, 7) is 0.487. The smallest absolute Gasteiger partial charge is 0.220 e. The Hall–Kier alpha value is -0.910. The van der Waals surface area contributed by atoms with Crippen LogP contribution in [0.1, 0.15) is 12.0 Å². The van der Waals surface area contributed by atoms with E-state index in [1.807, 2.05) is 16.8 Å². The maximum absolute atomic E-state index is 11.4. The number of amides is 1. The van der Waals surface area contributed by atoms with Crippen LogP contribution in [0, 0.1) is 0 Å². The highest BCUT2D eigenvalue weighted by Crippen LogP contribution is 2.07. The fraction of sp³-hybridized carbons (Fsp3) is 0.545. The van der Waals surface area contributed by atoms with Crippen molar-refractivity contribution in [3.05, 3.63) is 22.4 Å². The summed E-state index contributed by atoms with van der Waals surface area (Å²) in [5.41, 5.74) is 1.18. The van der Waals surface area contributed by atoms with Gasteiger partial charge in [-0.15, -0.1) is 0 Å². The number of aliphatic hydroxyl groups is 1. The Kier molecular flexibility index (Phi) is 6.07. The number of hydrogen-bond donors (Lipinski definition) is 2. The number of ether oxygens (including phenoxy) is 1. The molecule has 1 unspecified atom stereocenters. The molecule has 1 aromatic heterocycles. The zero-order valence-corrected chi connectivity index (χ0v) is 10.1. The number of thiophene rings is 1. The number of hydrogen-bond acceptors (Lipinski definition) is 4.